The molecule has 1 aliphatic rings. The Bertz CT molecular complexity index is 528. The van der Waals surface area contributed by atoms with Gasteiger partial charge in [-0.1, -0.05) is 17.7 Å². The van der Waals surface area contributed by atoms with Crippen LogP contribution in [0.5, 0.6) is 0 Å². The van der Waals surface area contributed by atoms with Crippen LogP contribution in [-0.2, 0) is 6.18 Å². The van der Waals surface area contributed by atoms with Crippen molar-refractivity contribution in [2.24, 2.45) is 0 Å². The Hall–Kier alpha value is -0.820. The molecule has 1 aliphatic heterocycles. The Labute approximate surface area is 137 Å². The molecule has 0 amide bonds. The molecule has 0 radical (unpaired) electrons. The summed E-state index contributed by atoms with van der Waals surface area (Å²) in [6.07, 6.45) is -3.31. The molecule has 0 unspecified atom stereocenters. The molecule has 0 aromatic heterocycles. The quantitative estimate of drug-likeness (QED) is 0.647. The van der Waals surface area contributed by atoms with Crippen molar-refractivity contribution >= 4 is 24.0 Å². The van der Waals surface area contributed by atoms with Crippen LogP contribution in [-0.4, -0.2) is 31.1 Å². The van der Waals surface area contributed by atoms with Gasteiger partial charge in [-0.25, -0.2) is 4.39 Å². The Morgan fingerprint density at radius 3 is 2.36 bits per heavy atom. The van der Waals surface area contributed by atoms with Gasteiger partial charge in [0.2, 0.25) is 0 Å². The van der Waals surface area contributed by atoms with Crippen molar-refractivity contribution < 1.29 is 17.6 Å². The SMILES string of the molecule is C=C[C@H](c1c(C(F)(F)F)ccc(Cl)c1F)N1CCNCC1.Cl. The summed E-state index contributed by atoms with van der Waals surface area (Å²) < 4.78 is 53.7. The maximum Gasteiger partial charge on any atom is 0.416 e. The lowest BCUT2D eigenvalue weighted by molar-refractivity contribution is -0.138. The van der Waals surface area contributed by atoms with Gasteiger partial charge in [-0.05, 0) is 12.1 Å². The van der Waals surface area contributed by atoms with E-state index in [1.807, 2.05) is 0 Å². The summed E-state index contributed by atoms with van der Waals surface area (Å²) in [5, 5.41) is 2.78. The summed E-state index contributed by atoms with van der Waals surface area (Å²) in [5.74, 6) is -1.03. The minimum absolute atomic E-state index is 0. The van der Waals surface area contributed by atoms with Gasteiger partial charge in [0.25, 0.3) is 0 Å². The summed E-state index contributed by atoms with van der Waals surface area (Å²) >= 11 is 5.67. The molecule has 1 heterocycles. The Morgan fingerprint density at radius 1 is 1.27 bits per heavy atom. The first-order valence-electron chi connectivity index (χ1n) is 6.48. The third-order valence-corrected chi connectivity index (χ3v) is 3.79. The second kappa shape index (κ2) is 7.64. The first-order valence-corrected chi connectivity index (χ1v) is 6.86. The molecule has 2 rings (SSSR count). The third kappa shape index (κ3) is 3.93. The van der Waals surface area contributed by atoms with Crippen LogP contribution >= 0.6 is 24.0 Å². The molecule has 0 bridgehead atoms. The zero-order valence-electron chi connectivity index (χ0n) is 11.6. The first-order chi connectivity index (χ1) is 9.86. The van der Waals surface area contributed by atoms with Gasteiger partial charge >= 0.3 is 6.18 Å². The van der Waals surface area contributed by atoms with Crippen LogP contribution in [0.15, 0.2) is 24.8 Å². The highest BCUT2D eigenvalue weighted by molar-refractivity contribution is 6.30. The van der Waals surface area contributed by atoms with Crippen LogP contribution in [0.4, 0.5) is 17.6 Å². The van der Waals surface area contributed by atoms with Gasteiger partial charge in [0.05, 0.1) is 16.6 Å². The number of halogens is 6. The van der Waals surface area contributed by atoms with E-state index in [1.165, 1.54) is 6.08 Å². The number of nitrogens with zero attached hydrogens (tertiary/aromatic N) is 1. The van der Waals surface area contributed by atoms with Crippen LogP contribution < -0.4 is 5.32 Å². The van der Waals surface area contributed by atoms with Crippen molar-refractivity contribution in [3.05, 3.63) is 46.8 Å². The zero-order valence-corrected chi connectivity index (χ0v) is 13.2. The first kappa shape index (κ1) is 19.2. The Morgan fingerprint density at radius 2 is 1.86 bits per heavy atom. The molecule has 1 fully saturated rings. The maximum atomic E-state index is 14.3. The minimum Gasteiger partial charge on any atom is -0.314 e. The minimum atomic E-state index is -4.64. The smallest absolute Gasteiger partial charge is 0.314 e. The molecule has 2 nitrogen and oxygen atoms in total. The van der Waals surface area contributed by atoms with Gasteiger partial charge in [0.1, 0.15) is 5.82 Å². The van der Waals surface area contributed by atoms with Crippen LogP contribution in [0.2, 0.25) is 5.02 Å². The monoisotopic (exact) mass is 358 g/mol. The molecule has 8 heteroatoms. The summed E-state index contributed by atoms with van der Waals surface area (Å²) in [4.78, 5) is 1.76. The summed E-state index contributed by atoms with van der Waals surface area (Å²) in [6.45, 7) is 5.86. The number of hydrogen-bond donors (Lipinski definition) is 1. The Kier molecular flexibility index (Phi) is 6.67. The number of piperazine rings is 1. The van der Waals surface area contributed by atoms with Crippen molar-refractivity contribution in [1.29, 1.82) is 0 Å². The fraction of sp³-hybridized carbons (Fsp3) is 0.429. The van der Waals surface area contributed by atoms with E-state index in [0.29, 0.717) is 26.2 Å². The topological polar surface area (TPSA) is 15.3 Å². The van der Waals surface area contributed by atoms with Crippen LogP contribution in [0.1, 0.15) is 17.2 Å². The van der Waals surface area contributed by atoms with Crippen molar-refractivity contribution in [1.82, 2.24) is 10.2 Å². The van der Waals surface area contributed by atoms with E-state index in [1.54, 1.807) is 4.90 Å². The number of rotatable bonds is 3. The summed E-state index contributed by atoms with van der Waals surface area (Å²) in [6, 6.07) is 0.892. The van der Waals surface area contributed by atoms with E-state index < -0.39 is 29.2 Å². The number of nitrogens with one attached hydrogen (secondary N) is 1. The average Bonchev–Trinajstić information content (AvgIpc) is 2.44. The summed E-state index contributed by atoms with van der Waals surface area (Å²) in [7, 11) is 0. The van der Waals surface area contributed by atoms with Crippen molar-refractivity contribution in [2.75, 3.05) is 26.2 Å². The molecule has 1 atom stereocenters. The number of benzene rings is 1. The normalized spacial score (nSPS) is 17.7. The highest BCUT2D eigenvalue weighted by Crippen LogP contribution is 2.40. The lowest BCUT2D eigenvalue weighted by Crippen LogP contribution is -2.45. The zero-order chi connectivity index (χ0) is 15.6. The molecule has 0 saturated carbocycles. The van der Waals surface area contributed by atoms with Gasteiger partial charge in [0.15, 0.2) is 0 Å². The molecule has 1 aromatic rings. The second-order valence-electron chi connectivity index (χ2n) is 4.79. The molecule has 22 heavy (non-hydrogen) atoms. The fourth-order valence-corrected chi connectivity index (χ4v) is 2.68. The van der Waals surface area contributed by atoms with Crippen molar-refractivity contribution in [3.8, 4) is 0 Å². The van der Waals surface area contributed by atoms with Gasteiger partial charge in [-0.2, -0.15) is 13.2 Å². The van der Waals surface area contributed by atoms with E-state index in [9.17, 15) is 17.6 Å². The van der Waals surface area contributed by atoms with E-state index in [-0.39, 0.29) is 17.4 Å². The fourth-order valence-electron chi connectivity index (χ4n) is 2.51. The van der Waals surface area contributed by atoms with Gasteiger partial charge in [-0.3, -0.25) is 4.90 Å². The molecular weight excluding hydrogens is 343 g/mol. The maximum absolute atomic E-state index is 14.3. The van der Waals surface area contributed by atoms with E-state index in [0.717, 1.165) is 12.1 Å². The summed E-state index contributed by atoms with van der Waals surface area (Å²) in [5.41, 5.74) is -1.46. The highest BCUT2D eigenvalue weighted by atomic mass is 35.5. The number of alkyl halides is 3. The van der Waals surface area contributed by atoms with Crippen molar-refractivity contribution in [2.45, 2.75) is 12.2 Å². The predicted molar refractivity (Wildman–Crippen MR) is 81.0 cm³/mol. The molecule has 1 aromatic carbocycles. The molecule has 0 aliphatic carbocycles. The van der Waals surface area contributed by atoms with Gasteiger partial charge < -0.3 is 5.32 Å². The highest BCUT2D eigenvalue weighted by Gasteiger charge is 2.38. The third-order valence-electron chi connectivity index (χ3n) is 3.50. The van der Waals surface area contributed by atoms with E-state index in [2.05, 4.69) is 11.9 Å². The number of hydrogen-bond acceptors (Lipinski definition) is 2. The van der Waals surface area contributed by atoms with E-state index >= 15 is 0 Å². The lowest BCUT2D eigenvalue weighted by Gasteiger charge is -2.34. The van der Waals surface area contributed by atoms with Crippen LogP contribution in [0.25, 0.3) is 0 Å². The molecular formula is C14H16Cl2F4N2. The van der Waals surface area contributed by atoms with Gasteiger partial charge in [0, 0.05) is 31.7 Å². The molecule has 1 N–H and O–H groups in total. The standard InChI is InChI=1S/C14H15ClF4N2.ClH/c1-2-11(21-7-5-20-6-8-21)12-9(14(17,18)19)3-4-10(15)13(12)16;/h2-4,11,20H,1,5-8H2;1H/t11-;/m1./s1. The van der Waals surface area contributed by atoms with Crippen LogP contribution in [0, 0.1) is 5.82 Å². The van der Waals surface area contributed by atoms with Crippen LogP contribution in [0.3, 0.4) is 0 Å². The second-order valence-corrected chi connectivity index (χ2v) is 5.19. The lowest BCUT2D eigenvalue weighted by atomic mass is 9.97. The van der Waals surface area contributed by atoms with Gasteiger partial charge in [-0.15, -0.1) is 19.0 Å². The molecule has 1 saturated heterocycles. The molecule has 0 spiro atoms. The van der Waals surface area contributed by atoms with E-state index in [4.69, 9.17) is 11.6 Å². The average molecular weight is 359 g/mol. The molecule has 124 valence electrons. The largest absolute Gasteiger partial charge is 0.416 e. The Balaban J connectivity index is 0.00000242. The van der Waals surface area contributed by atoms with Crippen molar-refractivity contribution in [3.63, 3.8) is 0 Å². The predicted octanol–water partition coefficient (Wildman–Crippen LogP) is 4.05.